The maximum absolute atomic E-state index is 12.9. The second kappa shape index (κ2) is 4.32. The molecule has 2 aromatic rings. The molecule has 17 heavy (non-hydrogen) atoms. The van der Waals surface area contributed by atoms with Crippen LogP contribution in [-0.4, -0.2) is 21.2 Å². The van der Waals surface area contributed by atoms with Crippen LogP contribution in [0.15, 0.2) is 28.8 Å². The molecule has 1 atom stereocenters. The fraction of sp³-hybridized carbons (Fsp3) is 0.182. The first-order valence-electron chi connectivity index (χ1n) is 4.89. The van der Waals surface area contributed by atoms with Crippen molar-refractivity contribution in [2.75, 3.05) is 0 Å². The van der Waals surface area contributed by atoms with Crippen molar-refractivity contribution >= 4 is 5.97 Å². The highest BCUT2D eigenvalue weighted by Gasteiger charge is 2.14. The van der Waals surface area contributed by atoms with Gasteiger partial charge in [0.2, 0.25) is 5.82 Å². The van der Waals surface area contributed by atoms with Gasteiger partial charge in [-0.25, -0.2) is 9.18 Å². The molecule has 1 aromatic heterocycles. The largest absolute Gasteiger partial charge is 0.478 e. The zero-order valence-corrected chi connectivity index (χ0v) is 8.92. The molecule has 0 fully saturated rings. The number of aromatic carboxylic acids is 1. The molecular formula is C11H9FN2O3. The lowest BCUT2D eigenvalue weighted by atomic mass is 10.1. The Kier molecular flexibility index (Phi) is 2.86. The van der Waals surface area contributed by atoms with Crippen LogP contribution in [0.5, 0.6) is 0 Å². The lowest BCUT2D eigenvalue weighted by Crippen LogP contribution is -1.96. The standard InChI is InChI=1S/C11H9FN2O3/c1-6(12)10-13-9(14-17-10)7-3-2-4-8(5-7)11(15)16/h2-6H,1H3,(H,15,16). The number of carbonyl (C=O) groups is 1. The third-order valence-corrected chi connectivity index (χ3v) is 2.15. The Hall–Kier alpha value is -2.24. The molecule has 0 amide bonds. The minimum atomic E-state index is -1.35. The van der Waals surface area contributed by atoms with E-state index in [1.54, 1.807) is 12.1 Å². The summed E-state index contributed by atoms with van der Waals surface area (Å²) < 4.78 is 17.6. The summed E-state index contributed by atoms with van der Waals surface area (Å²) in [5.74, 6) is -0.997. The molecule has 1 unspecified atom stereocenters. The summed E-state index contributed by atoms with van der Waals surface area (Å²) in [4.78, 5) is 14.6. The highest BCUT2D eigenvalue weighted by Crippen LogP contribution is 2.21. The lowest BCUT2D eigenvalue weighted by molar-refractivity contribution is 0.0697. The van der Waals surface area contributed by atoms with Gasteiger partial charge in [-0.3, -0.25) is 0 Å². The summed E-state index contributed by atoms with van der Waals surface area (Å²) in [7, 11) is 0. The predicted octanol–water partition coefficient (Wildman–Crippen LogP) is 2.47. The Labute approximate surface area is 95.9 Å². The van der Waals surface area contributed by atoms with Crippen molar-refractivity contribution in [1.82, 2.24) is 10.1 Å². The van der Waals surface area contributed by atoms with Crippen molar-refractivity contribution in [1.29, 1.82) is 0 Å². The van der Waals surface area contributed by atoms with Crippen LogP contribution in [0.3, 0.4) is 0 Å². The van der Waals surface area contributed by atoms with Gasteiger partial charge >= 0.3 is 5.97 Å². The first-order chi connectivity index (χ1) is 8.08. The summed E-state index contributed by atoms with van der Waals surface area (Å²) in [6.07, 6.45) is -1.35. The summed E-state index contributed by atoms with van der Waals surface area (Å²) in [5.41, 5.74) is 0.586. The van der Waals surface area contributed by atoms with Gasteiger partial charge in [-0.05, 0) is 19.1 Å². The highest BCUT2D eigenvalue weighted by atomic mass is 19.1. The highest BCUT2D eigenvalue weighted by molar-refractivity contribution is 5.89. The molecule has 5 nitrogen and oxygen atoms in total. The molecule has 0 saturated carbocycles. The number of alkyl halides is 1. The first-order valence-corrected chi connectivity index (χ1v) is 4.89. The predicted molar refractivity (Wildman–Crippen MR) is 56.2 cm³/mol. The normalized spacial score (nSPS) is 12.4. The maximum atomic E-state index is 12.9. The Balaban J connectivity index is 2.38. The Morgan fingerprint density at radius 2 is 2.29 bits per heavy atom. The molecular weight excluding hydrogens is 227 g/mol. The van der Waals surface area contributed by atoms with Crippen LogP contribution in [-0.2, 0) is 0 Å². The molecule has 2 rings (SSSR count). The smallest absolute Gasteiger partial charge is 0.335 e. The van der Waals surface area contributed by atoms with Gasteiger partial charge in [0.1, 0.15) is 0 Å². The molecule has 88 valence electrons. The molecule has 6 heteroatoms. The molecule has 1 aromatic carbocycles. The van der Waals surface area contributed by atoms with Gasteiger partial charge < -0.3 is 9.63 Å². The number of hydrogen-bond acceptors (Lipinski definition) is 4. The van der Waals surface area contributed by atoms with Crippen molar-refractivity contribution in [3.63, 3.8) is 0 Å². The Morgan fingerprint density at radius 1 is 1.53 bits per heavy atom. The molecule has 0 aliphatic heterocycles. The van der Waals surface area contributed by atoms with Crippen molar-refractivity contribution in [3.8, 4) is 11.4 Å². The Bertz CT molecular complexity index is 551. The van der Waals surface area contributed by atoms with Gasteiger partial charge in [0, 0.05) is 5.56 Å². The van der Waals surface area contributed by atoms with E-state index in [0.717, 1.165) is 0 Å². The zero-order chi connectivity index (χ0) is 12.4. The fourth-order valence-electron chi connectivity index (χ4n) is 1.31. The van der Waals surface area contributed by atoms with Crippen molar-refractivity contribution < 1.29 is 18.8 Å². The summed E-state index contributed by atoms with van der Waals surface area (Å²) in [6, 6.07) is 6.04. The van der Waals surface area contributed by atoms with Crippen molar-refractivity contribution in [2.24, 2.45) is 0 Å². The third-order valence-electron chi connectivity index (χ3n) is 2.15. The van der Waals surface area contributed by atoms with E-state index in [-0.39, 0.29) is 17.3 Å². The van der Waals surface area contributed by atoms with E-state index in [9.17, 15) is 9.18 Å². The van der Waals surface area contributed by atoms with Gasteiger partial charge in [-0.1, -0.05) is 17.3 Å². The number of halogens is 1. The van der Waals surface area contributed by atoms with E-state index < -0.39 is 12.1 Å². The summed E-state index contributed by atoms with van der Waals surface area (Å²) in [5, 5.41) is 12.4. The quantitative estimate of drug-likeness (QED) is 0.885. The molecule has 1 heterocycles. The van der Waals surface area contributed by atoms with Crippen LogP contribution in [0.2, 0.25) is 0 Å². The van der Waals surface area contributed by atoms with E-state index in [1.807, 2.05) is 0 Å². The number of nitrogens with zero attached hydrogens (tertiary/aromatic N) is 2. The zero-order valence-electron chi connectivity index (χ0n) is 8.92. The van der Waals surface area contributed by atoms with Crippen molar-refractivity contribution in [2.45, 2.75) is 13.1 Å². The average Bonchev–Trinajstić information content (AvgIpc) is 2.78. The second-order valence-electron chi connectivity index (χ2n) is 3.46. The number of aromatic nitrogens is 2. The molecule has 0 saturated heterocycles. The number of rotatable bonds is 3. The average molecular weight is 236 g/mol. The van der Waals surface area contributed by atoms with E-state index in [2.05, 4.69) is 10.1 Å². The molecule has 0 aliphatic rings. The van der Waals surface area contributed by atoms with Gasteiger partial charge in [0.25, 0.3) is 5.89 Å². The van der Waals surface area contributed by atoms with Crippen LogP contribution in [0.4, 0.5) is 4.39 Å². The van der Waals surface area contributed by atoms with Gasteiger partial charge in [0.05, 0.1) is 5.56 Å². The van der Waals surface area contributed by atoms with Gasteiger partial charge in [-0.15, -0.1) is 0 Å². The van der Waals surface area contributed by atoms with Crippen molar-refractivity contribution in [3.05, 3.63) is 35.7 Å². The minimum Gasteiger partial charge on any atom is -0.478 e. The molecule has 0 bridgehead atoms. The number of benzene rings is 1. The second-order valence-corrected chi connectivity index (χ2v) is 3.46. The third kappa shape index (κ3) is 2.30. The number of carboxylic acids is 1. The lowest BCUT2D eigenvalue weighted by Gasteiger charge is -1.96. The van der Waals surface area contributed by atoms with Crippen LogP contribution >= 0.6 is 0 Å². The number of carboxylic acid groups (broad SMARTS) is 1. The van der Waals surface area contributed by atoms with E-state index in [4.69, 9.17) is 9.63 Å². The summed E-state index contributed by atoms with van der Waals surface area (Å²) in [6.45, 7) is 1.28. The molecule has 0 spiro atoms. The maximum Gasteiger partial charge on any atom is 0.335 e. The first kappa shape index (κ1) is 11.3. The van der Waals surface area contributed by atoms with Crippen LogP contribution in [0.1, 0.15) is 29.3 Å². The Morgan fingerprint density at radius 3 is 2.88 bits per heavy atom. The van der Waals surface area contributed by atoms with Gasteiger partial charge in [-0.2, -0.15) is 4.98 Å². The SMILES string of the molecule is CC(F)c1nc(-c2cccc(C(=O)O)c2)no1. The molecule has 0 radical (unpaired) electrons. The monoisotopic (exact) mass is 236 g/mol. The van der Waals surface area contributed by atoms with E-state index >= 15 is 0 Å². The summed E-state index contributed by atoms with van der Waals surface area (Å²) >= 11 is 0. The number of hydrogen-bond donors (Lipinski definition) is 1. The minimum absolute atomic E-state index is 0.113. The van der Waals surface area contributed by atoms with Crippen LogP contribution in [0, 0.1) is 0 Å². The van der Waals surface area contributed by atoms with Crippen LogP contribution < -0.4 is 0 Å². The topological polar surface area (TPSA) is 76.2 Å². The van der Waals surface area contributed by atoms with Gasteiger partial charge in [0.15, 0.2) is 6.17 Å². The molecule has 0 aliphatic carbocycles. The molecule has 1 N–H and O–H groups in total. The fourth-order valence-corrected chi connectivity index (χ4v) is 1.31. The van der Waals surface area contributed by atoms with Crippen LogP contribution in [0.25, 0.3) is 11.4 Å². The van der Waals surface area contributed by atoms with E-state index in [0.29, 0.717) is 5.56 Å². The van der Waals surface area contributed by atoms with E-state index in [1.165, 1.54) is 19.1 Å².